The van der Waals surface area contributed by atoms with Crippen molar-refractivity contribution in [2.75, 3.05) is 19.7 Å². The lowest BCUT2D eigenvalue weighted by Gasteiger charge is -2.39. The Morgan fingerprint density at radius 3 is 2.05 bits per heavy atom. The minimum absolute atomic E-state index is 0.0426. The van der Waals surface area contributed by atoms with Gasteiger partial charge >= 0.3 is 18.2 Å². The lowest BCUT2D eigenvalue weighted by molar-refractivity contribution is -0.219. The molecule has 0 spiro atoms. The molecule has 1 heterocycles. The summed E-state index contributed by atoms with van der Waals surface area (Å²) in [7, 11) is 0. The number of amides is 1. The summed E-state index contributed by atoms with van der Waals surface area (Å²) < 4.78 is 46.5. The first-order valence-electron chi connectivity index (χ1n) is 6.77. The molecule has 128 valence electrons. The van der Waals surface area contributed by atoms with Crippen LogP contribution in [0.3, 0.4) is 0 Å². The van der Waals surface area contributed by atoms with Crippen molar-refractivity contribution >= 4 is 12.1 Å². The van der Waals surface area contributed by atoms with Crippen LogP contribution < -0.4 is 0 Å². The molecule has 1 N–H and O–H groups in total. The summed E-state index contributed by atoms with van der Waals surface area (Å²) >= 11 is 0. The Balaban J connectivity index is 2.66. The van der Waals surface area contributed by atoms with Gasteiger partial charge in [-0.25, -0.2) is 9.59 Å². The number of rotatable bonds is 3. The first-order valence-corrected chi connectivity index (χ1v) is 6.77. The third kappa shape index (κ3) is 5.36. The van der Waals surface area contributed by atoms with E-state index in [-0.39, 0.29) is 25.9 Å². The highest BCUT2D eigenvalue weighted by Gasteiger charge is 2.46. The van der Waals surface area contributed by atoms with E-state index in [1.54, 1.807) is 20.8 Å². The number of nitrogens with zero attached hydrogens (tertiary/aromatic N) is 1. The van der Waals surface area contributed by atoms with Crippen LogP contribution in [0.15, 0.2) is 0 Å². The molecule has 0 radical (unpaired) electrons. The molecular formula is C13H20F3NO5. The predicted octanol–water partition coefficient (Wildman–Crippen LogP) is 2.42. The molecule has 0 saturated carbocycles. The molecule has 1 amide bonds. The highest BCUT2D eigenvalue weighted by Crippen LogP contribution is 2.30. The number of carboxylic acid groups (broad SMARTS) is 1. The summed E-state index contributed by atoms with van der Waals surface area (Å²) in [6.07, 6.45) is -5.68. The normalized spacial score (nSPS) is 18.9. The lowest BCUT2D eigenvalue weighted by Crippen LogP contribution is -2.54. The number of hydrogen-bond donors (Lipinski definition) is 1. The smallest absolute Gasteiger partial charge is 0.411 e. The van der Waals surface area contributed by atoms with Gasteiger partial charge in [-0.3, -0.25) is 0 Å². The zero-order chi connectivity index (χ0) is 17.2. The fourth-order valence-corrected chi connectivity index (χ4v) is 2.02. The van der Waals surface area contributed by atoms with Gasteiger partial charge in [0.15, 0.2) is 5.60 Å². The highest BCUT2D eigenvalue weighted by molar-refractivity contribution is 5.78. The van der Waals surface area contributed by atoms with Gasteiger partial charge in [0.25, 0.3) is 0 Å². The summed E-state index contributed by atoms with van der Waals surface area (Å²) in [6.45, 7) is 3.33. The van der Waals surface area contributed by atoms with Crippen LogP contribution in [0.25, 0.3) is 0 Å². The summed E-state index contributed by atoms with van der Waals surface area (Å²) in [4.78, 5) is 24.4. The molecule has 0 atom stereocenters. The van der Waals surface area contributed by atoms with Crippen molar-refractivity contribution < 1.29 is 37.3 Å². The average molecular weight is 327 g/mol. The number of halogens is 3. The molecule has 0 aromatic rings. The molecule has 1 aliphatic rings. The first-order chi connectivity index (χ1) is 9.85. The summed E-state index contributed by atoms with van der Waals surface area (Å²) in [5.41, 5.74) is -2.63. The van der Waals surface area contributed by atoms with E-state index in [1.165, 1.54) is 4.90 Å². The van der Waals surface area contributed by atoms with Crippen LogP contribution in [0.1, 0.15) is 33.6 Å². The van der Waals surface area contributed by atoms with Crippen molar-refractivity contribution in [3.63, 3.8) is 0 Å². The minimum Gasteiger partial charge on any atom is -0.479 e. The Morgan fingerprint density at radius 1 is 1.18 bits per heavy atom. The molecule has 1 aliphatic heterocycles. The molecule has 1 fully saturated rings. The van der Waals surface area contributed by atoms with Crippen molar-refractivity contribution in [1.82, 2.24) is 4.90 Å². The number of alkyl halides is 3. The maximum Gasteiger partial charge on any atom is 0.411 e. The van der Waals surface area contributed by atoms with Crippen LogP contribution in [-0.2, 0) is 14.3 Å². The summed E-state index contributed by atoms with van der Waals surface area (Å²) in [5, 5.41) is 9.17. The molecule has 0 aromatic heterocycles. The van der Waals surface area contributed by atoms with Crippen molar-refractivity contribution in [3.8, 4) is 0 Å². The molecule has 1 rings (SSSR count). The van der Waals surface area contributed by atoms with Crippen LogP contribution in [0, 0.1) is 0 Å². The second-order valence-corrected chi connectivity index (χ2v) is 6.17. The van der Waals surface area contributed by atoms with Gasteiger partial charge in [0.05, 0.1) is 0 Å². The molecule has 0 aliphatic carbocycles. The minimum atomic E-state index is -4.61. The Kier molecular flexibility index (Phi) is 5.32. The van der Waals surface area contributed by atoms with Gasteiger partial charge in [-0.05, 0) is 20.8 Å². The molecule has 0 bridgehead atoms. The van der Waals surface area contributed by atoms with Crippen LogP contribution >= 0.6 is 0 Å². The van der Waals surface area contributed by atoms with Gasteiger partial charge in [0.2, 0.25) is 0 Å². The molecule has 9 heteroatoms. The molecule has 22 heavy (non-hydrogen) atoms. The van der Waals surface area contributed by atoms with Crippen molar-refractivity contribution in [2.24, 2.45) is 0 Å². The zero-order valence-electron chi connectivity index (χ0n) is 12.7. The van der Waals surface area contributed by atoms with Crippen LogP contribution in [0.4, 0.5) is 18.0 Å². The predicted molar refractivity (Wildman–Crippen MR) is 69.4 cm³/mol. The second-order valence-electron chi connectivity index (χ2n) is 6.17. The Morgan fingerprint density at radius 2 is 1.68 bits per heavy atom. The summed E-state index contributed by atoms with van der Waals surface area (Å²) in [6, 6.07) is 0. The topological polar surface area (TPSA) is 76.1 Å². The molecule has 0 unspecified atom stereocenters. The maximum atomic E-state index is 12.2. The fraction of sp³-hybridized carbons (Fsp3) is 0.846. The molecule has 1 saturated heterocycles. The molecule has 0 aromatic carbocycles. The average Bonchev–Trinajstić information content (AvgIpc) is 2.33. The highest BCUT2D eigenvalue weighted by atomic mass is 19.4. The number of ether oxygens (including phenoxy) is 2. The monoisotopic (exact) mass is 327 g/mol. The Bertz CT molecular complexity index is 422. The van der Waals surface area contributed by atoms with Crippen molar-refractivity contribution in [1.29, 1.82) is 0 Å². The molecule has 6 nitrogen and oxygen atoms in total. The first kappa shape index (κ1) is 18.5. The second kappa shape index (κ2) is 6.31. The summed E-state index contributed by atoms with van der Waals surface area (Å²) in [5.74, 6) is -1.46. The number of carbonyl (C=O) groups excluding carboxylic acids is 1. The standard InChI is InChI=1S/C13H20F3NO5/c1-11(2,3)22-10(20)17-6-4-12(5-7-17,9(18)19)21-8-13(14,15)16/h4-8H2,1-3H3,(H,18,19). The van der Waals surface area contributed by atoms with E-state index < -0.39 is 36.0 Å². The Hall–Kier alpha value is -1.51. The lowest BCUT2D eigenvalue weighted by atomic mass is 9.91. The van der Waals surface area contributed by atoms with E-state index >= 15 is 0 Å². The number of aliphatic carboxylic acids is 1. The SMILES string of the molecule is CC(C)(C)OC(=O)N1CCC(OCC(F)(F)F)(C(=O)O)CC1. The van der Waals surface area contributed by atoms with E-state index in [0.717, 1.165) is 0 Å². The van der Waals surface area contributed by atoms with E-state index in [4.69, 9.17) is 9.84 Å². The van der Waals surface area contributed by atoms with Crippen LogP contribution in [0.5, 0.6) is 0 Å². The Labute approximate surface area is 126 Å². The largest absolute Gasteiger partial charge is 0.479 e. The van der Waals surface area contributed by atoms with Gasteiger partial charge in [0.1, 0.15) is 12.2 Å². The quantitative estimate of drug-likeness (QED) is 0.861. The van der Waals surface area contributed by atoms with Gasteiger partial charge in [0, 0.05) is 25.9 Å². The van der Waals surface area contributed by atoms with E-state index in [1.807, 2.05) is 0 Å². The van der Waals surface area contributed by atoms with Gasteiger partial charge in [-0.2, -0.15) is 13.2 Å². The van der Waals surface area contributed by atoms with Crippen molar-refractivity contribution in [3.05, 3.63) is 0 Å². The fourth-order valence-electron chi connectivity index (χ4n) is 2.02. The van der Waals surface area contributed by atoms with Gasteiger partial charge < -0.3 is 19.5 Å². The zero-order valence-corrected chi connectivity index (χ0v) is 12.7. The maximum absolute atomic E-state index is 12.2. The number of likely N-dealkylation sites (tertiary alicyclic amines) is 1. The number of hydrogen-bond acceptors (Lipinski definition) is 4. The van der Waals surface area contributed by atoms with E-state index in [9.17, 15) is 22.8 Å². The van der Waals surface area contributed by atoms with Crippen LogP contribution in [0.2, 0.25) is 0 Å². The van der Waals surface area contributed by atoms with Crippen LogP contribution in [-0.4, -0.2) is 59.1 Å². The number of carbonyl (C=O) groups is 2. The van der Waals surface area contributed by atoms with Crippen molar-refractivity contribution in [2.45, 2.75) is 51.0 Å². The molecular weight excluding hydrogens is 307 g/mol. The number of carboxylic acids is 1. The third-order valence-electron chi connectivity index (χ3n) is 3.12. The van der Waals surface area contributed by atoms with Gasteiger partial charge in [-0.1, -0.05) is 0 Å². The van der Waals surface area contributed by atoms with E-state index in [2.05, 4.69) is 4.74 Å². The van der Waals surface area contributed by atoms with E-state index in [0.29, 0.717) is 0 Å². The van der Waals surface area contributed by atoms with Gasteiger partial charge in [-0.15, -0.1) is 0 Å². The third-order valence-corrected chi connectivity index (χ3v) is 3.12. The number of piperidine rings is 1.